The molecule has 0 aliphatic carbocycles. The van der Waals surface area contributed by atoms with Crippen LogP contribution in [0.15, 0.2) is 24.3 Å². The number of rotatable bonds is 4. The van der Waals surface area contributed by atoms with Crippen molar-refractivity contribution in [1.29, 1.82) is 0 Å². The Bertz CT molecular complexity index is 485. The van der Waals surface area contributed by atoms with E-state index >= 15 is 0 Å². The molecule has 1 fully saturated rings. The first-order valence-electron chi connectivity index (χ1n) is 6.14. The first kappa shape index (κ1) is 13.4. The Kier molecular flexibility index (Phi) is 4.24. The van der Waals surface area contributed by atoms with Crippen LogP contribution < -0.4 is 5.32 Å². The van der Waals surface area contributed by atoms with Gasteiger partial charge in [-0.25, -0.2) is 8.42 Å². The molecule has 18 heavy (non-hydrogen) atoms. The maximum Gasteiger partial charge on any atom is 0.150 e. The van der Waals surface area contributed by atoms with Crippen LogP contribution in [0, 0.1) is 0 Å². The van der Waals surface area contributed by atoms with Gasteiger partial charge in [0.2, 0.25) is 0 Å². The van der Waals surface area contributed by atoms with Crippen molar-refractivity contribution in [1.82, 2.24) is 0 Å². The maximum atomic E-state index is 11.3. The molecule has 5 heteroatoms. The molecule has 1 aromatic rings. The van der Waals surface area contributed by atoms with E-state index in [0.717, 1.165) is 11.3 Å². The summed E-state index contributed by atoms with van der Waals surface area (Å²) in [6, 6.07) is 8.30. The van der Waals surface area contributed by atoms with Crippen molar-refractivity contribution >= 4 is 15.5 Å². The Morgan fingerprint density at radius 2 is 2.06 bits per heavy atom. The van der Waals surface area contributed by atoms with E-state index in [1.807, 2.05) is 24.3 Å². The second-order valence-electron chi connectivity index (χ2n) is 4.70. The lowest BCUT2D eigenvalue weighted by molar-refractivity contribution is 0.185. The molecule has 1 aliphatic rings. The minimum atomic E-state index is -2.78. The van der Waals surface area contributed by atoms with Crippen molar-refractivity contribution in [2.45, 2.75) is 25.5 Å². The fraction of sp³-hybridized carbons (Fsp3) is 0.538. The Morgan fingerprint density at radius 1 is 1.33 bits per heavy atom. The highest BCUT2D eigenvalue weighted by Gasteiger charge is 2.23. The lowest BCUT2D eigenvalue weighted by atomic mass is 10.1. The number of benzene rings is 1. The molecule has 0 spiro atoms. The Hall–Kier alpha value is -1.07. The largest absolute Gasteiger partial charge is 0.382 e. The lowest BCUT2D eigenvalue weighted by Gasteiger charge is -2.24. The molecular weight excluding hydrogens is 250 g/mol. The van der Waals surface area contributed by atoms with Crippen molar-refractivity contribution in [2.75, 3.05) is 23.9 Å². The van der Waals surface area contributed by atoms with Crippen LogP contribution >= 0.6 is 0 Å². The van der Waals surface area contributed by atoms with E-state index in [9.17, 15) is 8.42 Å². The molecular formula is C13H19NO3S. The van der Waals surface area contributed by atoms with Gasteiger partial charge >= 0.3 is 0 Å². The number of methoxy groups -OCH3 is 1. The normalized spacial score (nSPS) is 19.6. The van der Waals surface area contributed by atoms with E-state index < -0.39 is 9.84 Å². The van der Waals surface area contributed by atoms with Crippen molar-refractivity contribution in [2.24, 2.45) is 0 Å². The summed E-state index contributed by atoms with van der Waals surface area (Å²) in [7, 11) is -1.11. The first-order valence-corrected chi connectivity index (χ1v) is 7.96. The number of anilines is 1. The van der Waals surface area contributed by atoms with Gasteiger partial charge in [0, 0.05) is 18.8 Å². The smallest absolute Gasteiger partial charge is 0.150 e. The zero-order valence-corrected chi connectivity index (χ0v) is 11.4. The van der Waals surface area contributed by atoms with Crippen LogP contribution in [0.4, 0.5) is 5.69 Å². The van der Waals surface area contributed by atoms with Crippen LogP contribution in [0.3, 0.4) is 0 Å². The van der Waals surface area contributed by atoms with Crippen LogP contribution in [0.2, 0.25) is 0 Å². The number of nitrogens with one attached hydrogen (secondary N) is 1. The van der Waals surface area contributed by atoms with Crippen molar-refractivity contribution < 1.29 is 13.2 Å². The summed E-state index contributed by atoms with van der Waals surface area (Å²) >= 11 is 0. The molecule has 4 nitrogen and oxygen atoms in total. The molecule has 0 saturated carbocycles. The van der Waals surface area contributed by atoms with Crippen LogP contribution in [0.1, 0.15) is 18.4 Å². The predicted octanol–water partition coefficient (Wildman–Crippen LogP) is 1.82. The summed E-state index contributed by atoms with van der Waals surface area (Å²) in [5.74, 6) is 0.588. The van der Waals surface area contributed by atoms with Gasteiger partial charge in [0.15, 0.2) is 0 Å². The van der Waals surface area contributed by atoms with Gasteiger partial charge in [0.25, 0.3) is 0 Å². The highest BCUT2D eigenvalue weighted by Crippen LogP contribution is 2.19. The van der Waals surface area contributed by atoms with E-state index in [-0.39, 0.29) is 6.04 Å². The molecule has 2 rings (SSSR count). The quantitative estimate of drug-likeness (QED) is 0.906. The summed E-state index contributed by atoms with van der Waals surface area (Å²) in [5, 5.41) is 3.40. The number of ether oxygens (including phenoxy) is 1. The minimum Gasteiger partial charge on any atom is -0.382 e. The zero-order valence-electron chi connectivity index (χ0n) is 10.6. The topological polar surface area (TPSA) is 55.4 Å². The number of hydrogen-bond acceptors (Lipinski definition) is 4. The van der Waals surface area contributed by atoms with Gasteiger partial charge in [-0.3, -0.25) is 0 Å². The van der Waals surface area contributed by atoms with E-state index in [2.05, 4.69) is 5.32 Å². The predicted molar refractivity (Wildman–Crippen MR) is 72.5 cm³/mol. The molecule has 0 amide bonds. The molecule has 0 atom stereocenters. The molecule has 0 bridgehead atoms. The van der Waals surface area contributed by atoms with Crippen LogP contribution in [0.5, 0.6) is 0 Å². The van der Waals surface area contributed by atoms with E-state index in [1.54, 1.807) is 7.11 Å². The lowest BCUT2D eigenvalue weighted by Crippen LogP contribution is -2.32. The summed E-state index contributed by atoms with van der Waals surface area (Å²) in [6.07, 6.45) is 1.38. The van der Waals surface area contributed by atoms with E-state index in [4.69, 9.17) is 4.74 Å². The SMILES string of the molecule is COCc1cccc(NC2CCS(=O)(=O)CC2)c1. The average Bonchev–Trinajstić information content (AvgIpc) is 2.33. The summed E-state index contributed by atoms with van der Waals surface area (Å²) in [4.78, 5) is 0. The second kappa shape index (κ2) is 5.71. The van der Waals surface area contributed by atoms with Gasteiger partial charge in [0.05, 0.1) is 18.1 Å². The molecule has 0 aromatic heterocycles. The molecule has 100 valence electrons. The van der Waals surface area contributed by atoms with Gasteiger partial charge in [-0.05, 0) is 30.5 Å². The van der Waals surface area contributed by atoms with Crippen molar-refractivity contribution in [3.63, 3.8) is 0 Å². The minimum absolute atomic E-state index is 0.256. The van der Waals surface area contributed by atoms with Crippen LogP contribution in [0.25, 0.3) is 0 Å². The third kappa shape index (κ3) is 3.71. The molecule has 0 radical (unpaired) electrons. The molecule has 1 aromatic carbocycles. The van der Waals surface area contributed by atoms with E-state index in [0.29, 0.717) is 31.0 Å². The molecule has 1 N–H and O–H groups in total. The Morgan fingerprint density at radius 3 is 2.72 bits per heavy atom. The zero-order chi connectivity index (χ0) is 13.0. The highest BCUT2D eigenvalue weighted by atomic mass is 32.2. The standard InChI is InChI=1S/C13H19NO3S/c1-17-10-11-3-2-4-13(9-11)14-12-5-7-18(15,16)8-6-12/h2-4,9,12,14H,5-8,10H2,1H3. The summed E-state index contributed by atoms with van der Waals surface area (Å²) in [6.45, 7) is 0.592. The molecule has 0 unspecified atom stereocenters. The number of sulfone groups is 1. The van der Waals surface area contributed by atoms with Gasteiger partial charge in [-0.2, -0.15) is 0 Å². The first-order chi connectivity index (χ1) is 8.59. The highest BCUT2D eigenvalue weighted by molar-refractivity contribution is 7.91. The molecule has 1 heterocycles. The summed E-state index contributed by atoms with van der Waals surface area (Å²) in [5.41, 5.74) is 2.15. The van der Waals surface area contributed by atoms with Crippen molar-refractivity contribution in [3.8, 4) is 0 Å². The fourth-order valence-electron chi connectivity index (χ4n) is 2.19. The fourth-order valence-corrected chi connectivity index (χ4v) is 3.68. The average molecular weight is 269 g/mol. The monoisotopic (exact) mass is 269 g/mol. The van der Waals surface area contributed by atoms with Crippen LogP contribution in [-0.4, -0.2) is 33.1 Å². The van der Waals surface area contributed by atoms with E-state index in [1.165, 1.54) is 0 Å². The molecule has 1 saturated heterocycles. The second-order valence-corrected chi connectivity index (χ2v) is 7.01. The van der Waals surface area contributed by atoms with Crippen LogP contribution in [-0.2, 0) is 21.2 Å². The Labute approximate surface area is 108 Å². The number of hydrogen-bond donors (Lipinski definition) is 1. The summed E-state index contributed by atoms with van der Waals surface area (Å²) < 4.78 is 27.8. The van der Waals surface area contributed by atoms with Gasteiger partial charge in [-0.15, -0.1) is 0 Å². The maximum absolute atomic E-state index is 11.3. The molecule has 1 aliphatic heterocycles. The van der Waals surface area contributed by atoms with Gasteiger partial charge in [0.1, 0.15) is 9.84 Å². The van der Waals surface area contributed by atoms with Gasteiger partial charge in [-0.1, -0.05) is 12.1 Å². The Balaban J connectivity index is 1.95. The third-order valence-electron chi connectivity index (χ3n) is 3.16. The van der Waals surface area contributed by atoms with Crippen molar-refractivity contribution in [3.05, 3.63) is 29.8 Å². The third-order valence-corrected chi connectivity index (χ3v) is 4.88. The van der Waals surface area contributed by atoms with Gasteiger partial charge < -0.3 is 10.1 Å².